The molecule has 36 heavy (non-hydrogen) atoms. The van der Waals surface area contributed by atoms with Gasteiger partial charge in [0.05, 0.1) is 0 Å². The third-order valence-corrected chi connectivity index (χ3v) is 11.6. The molecule has 0 heterocycles. The van der Waals surface area contributed by atoms with E-state index in [0.717, 1.165) is 42.1 Å². The van der Waals surface area contributed by atoms with E-state index in [2.05, 4.69) is 84.0 Å². The summed E-state index contributed by atoms with van der Waals surface area (Å²) in [7, 11) is 0. The molecule has 4 aliphatic carbocycles. The molecule has 0 bridgehead atoms. The molecule has 0 N–H and O–H groups in total. The largest absolute Gasteiger partial charge is 0.294 e. The molecule has 0 saturated heterocycles. The van der Waals surface area contributed by atoms with Crippen molar-refractivity contribution >= 4 is 11.9 Å². The maximum absolute atomic E-state index is 13.5. The monoisotopic (exact) mass is 486 g/mol. The Morgan fingerprint density at radius 2 is 1.69 bits per heavy atom. The first kappa shape index (κ1) is 26.0. The number of rotatable bonds is 6. The fraction of sp³-hybridized carbons (Fsp3) is 0.686. The molecule has 5 rings (SSSR count). The minimum Gasteiger partial charge on any atom is -0.294 e. The molecule has 8 atom stereocenters. The Labute approximate surface area is 221 Å². The average molecular weight is 487 g/mol. The van der Waals surface area contributed by atoms with E-state index in [1.165, 1.54) is 50.5 Å². The molecule has 4 aliphatic rings. The van der Waals surface area contributed by atoms with Gasteiger partial charge in [-0.15, -0.1) is 0 Å². The van der Waals surface area contributed by atoms with E-state index in [9.17, 15) is 4.79 Å². The lowest BCUT2D eigenvalue weighted by Gasteiger charge is -2.58. The Morgan fingerprint density at radius 3 is 2.42 bits per heavy atom. The van der Waals surface area contributed by atoms with Gasteiger partial charge in [0.15, 0.2) is 5.78 Å². The van der Waals surface area contributed by atoms with E-state index >= 15 is 0 Å². The number of allylic oxidation sites excluding steroid dienone is 3. The number of carbonyl (C=O) groups excluding carboxylic acids is 1. The van der Waals surface area contributed by atoms with Crippen LogP contribution in [0.15, 0.2) is 47.6 Å². The van der Waals surface area contributed by atoms with Crippen LogP contribution in [0.3, 0.4) is 0 Å². The normalized spacial score (nSPS) is 40.0. The molecule has 196 valence electrons. The van der Waals surface area contributed by atoms with Crippen LogP contribution in [0.1, 0.15) is 105 Å². The molecule has 1 unspecified atom stereocenters. The van der Waals surface area contributed by atoms with Gasteiger partial charge in [-0.2, -0.15) is 0 Å². The standard InChI is InChI=1S/C35H50O/c1-23(2)11-10-12-24(3)29-17-18-31-28-15-16-30-25(4)33(36)27(21-26-13-8-7-9-14-26)22-35(30,6)32(28)19-20-34(29,31)5/h7-9,13-15,21,23-25,29-32H,10-12,16-20,22H2,1-6H3/b27-21+/t24-,25+,29-,30?,31+,32+,34-,35+/m1/s1. The lowest BCUT2D eigenvalue weighted by atomic mass is 9.46. The predicted molar refractivity (Wildman–Crippen MR) is 152 cm³/mol. The van der Waals surface area contributed by atoms with Crippen LogP contribution in [0.25, 0.3) is 6.08 Å². The van der Waals surface area contributed by atoms with Gasteiger partial charge < -0.3 is 0 Å². The summed E-state index contributed by atoms with van der Waals surface area (Å²) >= 11 is 0. The van der Waals surface area contributed by atoms with Crippen LogP contribution in [0.2, 0.25) is 0 Å². The van der Waals surface area contributed by atoms with Crippen molar-refractivity contribution in [2.75, 3.05) is 0 Å². The van der Waals surface area contributed by atoms with Crippen molar-refractivity contribution in [3.05, 3.63) is 53.1 Å². The molecule has 1 aromatic rings. The van der Waals surface area contributed by atoms with Crippen LogP contribution in [0, 0.1) is 52.3 Å². The van der Waals surface area contributed by atoms with Gasteiger partial charge in [0.25, 0.3) is 0 Å². The van der Waals surface area contributed by atoms with Crippen LogP contribution < -0.4 is 0 Å². The van der Waals surface area contributed by atoms with Crippen molar-refractivity contribution in [1.29, 1.82) is 0 Å². The van der Waals surface area contributed by atoms with Gasteiger partial charge in [0.1, 0.15) is 0 Å². The van der Waals surface area contributed by atoms with E-state index in [0.29, 0.717) is 23.0 Å². The molecular formula is C35H50O. The number of carbonyl (C=O) groups is 1. The number of benzene rings is 1. The summed E-state index contributed by atoms with van der Waals surface area (Å²) in [5.41, 5.74) is 4.73. The van der Waals surface area contributed by atoms with Gasteiger partial charge in [-0.25, -0.2) is 0 Å². The van der Waals surface area contributed by atoms with Gasteiger partial charge >= 0.3 is 0 Å². The Balaban J connectivity index is 1.39. The van der Waals surface area contributed by atoms with E-state index in [-0.39, 0.29) is 11.3 Å². The summed E-state index contributed by atoms with van der Waals surface area (Å²) in [6.07, 6.45) is 16.6. The highest BCUT2D eigenvalue weighted by molar-refractivity contribution is 6.02. The fourth-order valence-corrected chi connectivity index (χ4v) is 9.68. The molecule has 3 fully saturated rings. The average Bonchev–Trinajstić information content (AvgIpc) is 3.20. The van der Waals surface area contributed by atoms with Gasteiger partial charge in [-0.05, 0) is 102 Å². The third-order valence-electron chi connectivity index (χ3n) is 11.6. The Kier molecular flexibility index (Phi) is 7.16. The Bertz CT molecular complexity index is 1010. The maximum Gasteiger partial charge on any atom is 0.162 e. The SMILES string of the molecule is CC(C)CCC[C@@H](C)[C@H]1CC[C@H]2C3=CCC4[C@H](C)C(=O)/C(=C/c5ccccc5)C[C@]4(C)[C@H]3CC[C@]12C. The van der Waals surface area contributed by atoms with Crippen LogP contribution in [-0.2, 0) is 4.79 Å². The predicted octanol–water partition coefficient (Wildman–Crippen LogP) is 9.54. The molecule has 3 saturated carbocycles. The number of hydrogen-bond acceptors (Lipinski definition) is 1. The zero-order valence-electron chi connectivity index (χ0n) is 23.9. The second-order valence-electron chi connectivity index (χ2n) is 14.1. The molecule has 1 heteroatoms. The summed E-state index contributed by atoms with van der Waals surface area (Å²) < 4.78 is 0. The van der Waals surface area contributed by atoms with E-state index < -0.39 is 0 Å². The summed E-state index contributed by atoms with van der Waals surface area (Å²) in [5.74, 6) is 4.98. The molecule has 0 amide bonds. The number of fused-ring (bicyclic) bond motifs is 5. The minimum atomic E-state index is 0.127. The Hall–Kier alpha value is -1.63. The summed E-state index contributed by atoms with van der Waals surface area (Å²) in [6, 6.07) is 10.5. The maximum atomic E-state index is 13.5. The fourth-order valence-electron chi connectivity index (χ4n) is 9.68. The van der Waals surface area contributed by atoms with E-state index in [4.69, 9.17) is 0 Å². The van der Waals surface area contributed by atoms with Crippen LogP contribution in [-0.4, -0.2) is 5.78 Å². The van der Waals surface area contributed by atoms with Crippen LogP contribution >= 0.6 is 0 Å². The molecule has 1 nitrogen and oxygen atoms in total. The van der Waals surface area contributed by atoms with Gasteiger partial charge in [-0.3, -0.25) is 4.79 Å². The molecular weight excluding hydrogens is 436 g/mol. The second-order valence-corrected chi connectivity index (χ2v) is 14.1. The first-order chi connectivity index (χ1) is 17.1. The first-order valence-corrected chi connectivity index (χ1v) is 15.1. The van der Waals surface area contributed by atoms with E-state index in [1.54, 1.807) is 5.57 Å². The second kappa shape index (κ2) is 9.92. The summed E-state index contributed by atoms with van der Waals surface area (Å²) in [6.45, 7) is 14.7. The zero-order valence-corrected chi connectivity index (χ0v) is 23.9. The van der Waals surface area contributed by atoms with Crippen molar-refractivity contribution in [3.8, 4) is 0 Å². The Morgan fingerprint density at radius 1 is 0.972 bits per heavy atom. The van der Waals surface area contributed by atoms with Crippen molar-refractivity contribution in [2.45, 2.75) is 99.3 Å². The molecule has 0 radical (unpaired) electrons. The quantitative estimate of drug-likeness (QED) is 0.289. The van der Waals surface area contributed by atoms with E-state index in [1.807, 2.05) is 0 Å². The highest BCUT2D eigenvalue weighted by atomic mass is 16.1. The zero-order chi connectivity index (χ0) is 25.7. The minimum absolute atomic E-state index is 0.127. The smallest absolute Gasteiger partial charge is 0.162 e. The summed E-state index contributed by atoms with van der Waals surface area (Å²) in [4.78, 5) is 13.5. The van der Waals surface area contributed by atoms with Crippen LogP contribution in [0.4, 0.5) is 0 Å². The van der Waals surface area contributed by atoms with Crippen molar-refractivity contribution < 1.29 is 4.79 Å². The highest BCUT2D eigenvalue weighted by Crippen LogP contribution is 2.67. The van der Waals surface area contributed by atoms with Crippen molar-refractivity contribution in [2.24, 2.45) is 52.3 Å². The number of hydrogen-bond donors (Lipinski definition) is 0. The number of ketones is 1. The molecule has 1 aromatic carbocycles. The molecule has 0 aromatic heterocycles. The van der Waals surface area contributed by atoms with Crippen LogP contribution in [0.5, 0.6) is 0 Å². The lowest BCUT2D eigenvalue weighted by molar-refractivity contribution is -0.127. The first-order valence-electron chi connectivity index (χ1n) is 15.1. The topological polar surface area (TPSA) is 17.1 Å². The highest BCUT2D eigenvalue weighted by Gasteiger charge is 2.59. The molecule has 0 aliphatic heterocycles. The van der Waals surface area contributed by atoms with Gasteiger partial charge in [0.2, 0.25) is 0 Å². The number of Topliss-reactive ketones (excluding diaryl/α,β-unsaturated/α-hetero) is 1. The third kappa shape index (κ3) is 4.37. The van der Waals surface area contributed by atoms with Crippen molar-refractivity contribution in [1.82, 2.24) is 0 Å². The van der Waals surface area contributed by atoms with Gasteiger partial charge in [-0.1, -0.05) is 103 Å². The summed E-state index contributed by atoms with van der Waals surface area (Å²) in [5, 5.41) is 0. The molecule has 0 spiro atoms. The van der Waals surface area contributed by atoms with Gasteiger partial charge in [0, 0.05) is 5.92 Å². The van der Waals surface area contributed by atoms with Crippen molar-refractivity contribution in [3.63, 3.8) is 0 Å². The lowest BCUT2D eigenvalue weighted by Crippen LogP contribution is -2.52.